The van der Waals surface area contributed by atoms with Gasteiger partial charge in [-0.2, -0.15) is 5.10 Å². The summed E-state index contributed by atoms with van der Waals surface area (Å²) < 4.78 is 15.4. The smallest absolute Gasteiger partial charge is 0.261 e. The minimum Gasteiger partial charge on any atom is -0.290 e. The maximum absolute atomic E-state index is 13.6. The Morgan fingerprint density at radius 1 is 1.33 bits per heavy atom. The van der Waals surface area contributed by atoms with E-state index in [0.717, 1.165) is 6.42 Å². The van der Waals surface area contributed by atoms with Crippen molar-refractivity contribution >= 4 is 23.3 Å². The van der Waals surface area contributed by atoms with E-state index < -0.39 is 5.82 Å². The molecule has 0 saturated heterocycles. The molecule has 1 amide bonds. The van der Waals surface area contributed by atoms with Crippen LogP contribution in [0.4, 0.5) is 10.2 Å². The number of amides is 1. The summed E-state index contributed by atoms with van der Waals surface area (Å²) in [5.74, 6) is -0.179. The van der Waals surface area contributed by atoms with Gasteiger partial charge >= 0.3 is 0 Å². The Balaban J connectivity index is 2.06. The van der Waals surface area contributed by atoms with E-state index in [1.54, 1.807) is 23.2 Å². The topological polar surface area (TPSA) is 38.1 Å². The van der Waals surface area contributed by atoms with Gasteiger partial charge in [0.2, 0.25) is 0 Å². The van der Waals surface area contributed by atoms with Crippen molar-refractivity contribution in [3.05, 3.63) is 46.9 Å². The van der Waals surface area contributed by atoms with E-state index in [4.69, 9.17) is 11.6 Å². The summed E-state index contributed by atoms with van der Waals surface area (Å²) in [6, 6.07) is 6.28. The van der Waals surface area contributed by atoms with Crippen molar-refractivity contribution in [3.63, 3.8) is 0 Å². The molecular weight excluding hydrogens is 293 g/mol. The Kier molecular flexibility index (Phi) is 3.45. The molecule has 0 spiro atoms. The lowest BCUT2D eigenvalue weighted by molar-refractivity contribution is 0.0966. The van der Waals surface area contributed by atoms with E-state index in [0.29, 0.717) is 5.82 Å². The second kappa shape index (κ2) is 5.15. The molecule has 21 heavy (non-hydrogen) atoms. The highest BCUT2D eigenvalue weighted by Crippen LogP contribution is 2.33. The lowest BCUT2D eigenvalue weighted by Crippen LogP contribution is -2.45. The highest BCUT2D eigenvalue weighted by atomic mass is 35.5. The minimum atomic E-state index is -0.589. The Bertz CT molecular complexity index is 700. The second-order valence-electron chi connectivity index (χ2n) is 5.34. The number of aromatic nitrogens is 2. The number of nitrogens with zero attached hydrogens (tertiary/aromatic N) is 3. The molecule has 0 fully saturated rings. The summed E-state index contributed by atoms with van der Waals surface area (Å²) in [4.78, 5) is 14.4. The molecule has 1 aromatic heterocycles. The zero-order valence-electron chi connectivity index (χ0n) is 11.8. The molecule has 0 saturated carbocycles. The number of carbonyl (C=O) groups is 1. The number of halogens is 2. The number of anilines is 1. The van der Waals surface area contributed by atoms with Gasteiger partial charge in [0.25, 0.3) is 5.91 Å². The second-order valence-corrected chi connectivity index (χ2v) is 5.72. The number of hydrogen-bond donors (Lipinski definition) is 0. The fraction of sp³-hybridized carbons (Fsp3) is 0.333. The van der Waals surface area contributed by atoms with Gasteiger partial charge in [-0.15, -0.1) is 0 Å². The minimum absolute atomic E-state index is 0.00367. The zero-order chi connectivity index (χ0) is 15.1. The molecule has 0 unspecified atom stereocenters. The fourth-order valence-electron chi connectivity index (χ4n) is 2.87. The zero-order valence-corrected chi connectivity index (χ0v) is 12.5. The van der Waals surface area contributed by atoms with E-state index in [-0.39, 0.29) is 28.6 Å². The molecule has 1 aliphatic rings. The third-order valence-electron chi connectivity index (χ3n) is 3.84. The first-order chi connectivity index (χ1) is 10.0. The Hall–Kier alpha value is -1.88. The van der Waals surface area contributed by atoms with Crippen LogP contribution in [-0.4, -0.2) is 21.7 Å². The number of benzene rings is 1. The van der Waals surface area contributed by atoms with Crippen molar-refractivity contribution in [2.45, 2.75) is 32.4 Å². The molecule has 1 aromatic carbocycles. The molecule has 0 N–H and O–H groups in total. The van der Waals surface area contributed by atoms with Crippen LogP contribution in [0.3, 0.4) is 0 Å². The average Bonchev–Trinajstić information content (AvgIpc) is 2.91. The predicted molar refractivity (Wildman–Crippen MR) is 79.2 cm³/mol. The van der Waals surface area contributed by atoms with E-state index in [1.807, 2.05) is 11.6 Å². The van der Waals surface area contributed by atoms with Crippen molar-refractivity contribution in [2.75, 3.05) is 4.90 Å². The van der Waals surface area contributed by atoms with Gasteiger partial charge < -0.3 is 0 Å². The molecule has 2 aromatic rings. The largest absolute Gasteiger partial charge is 0.290 e. The fourth-order valence-corrected chi connectivity index (χ4v) is 3.07. The maximum atomic E-state index is 13.6. The predicted octanol–water partition coefficient (Wildman–Crippen LogP) is 3.68. The molecule has 0 radical (unpaired) electrons. The van der Waals surface area contributed by atoms with Crippen LogP contribution in [0.25, 0.3) is 0 Å². The van der Waals surface area contributed by atoms with Crippen molar-refractivity contribution in [3.8, 4) is 0 Å². The summed E-state index contributed by atoms with van der Waals surface area (Å²) in [7, 11) is 0. The van der Waals surface area contributed by atoms with Crippen LogP contribution in [0, 0.1) is 5.82 Å². The first-order valence-electron chi connectivity index (χ1n) is 6.81. The molecule has 6 heteroatoms. The summed E-state index contributed by atoms with van der Waals surface area (Å²) in [6.45, 7) is 4.03. The van der Waals surface area contributed by atoms with Crippen LogP contribution in [0.2, 0.25) is 5.02 Å². The molecule has 110 valence electrons. The average molecular weight is 308 g/mol. The molecule has 2 atom stereocenters. The maximum Gasteiger partial charge on any atom is 0.261 e. The molecular formula is C15H15ClFN3O. The first kappa shape index (κ1) is 14.1. The van der Waals surface area contributed by atoms with Crippen LogP contribution in [0.5, 0.6) is 0 Å². The lowest BCUT2D eigenvalue weighted by Gasteiger charge is -2.37. The first-order valence-corrected chi connectivity index (χ1v) is 7.19. The van der Waals surface area contributed by atoms with Gasteiger partial charge in [-0.05, 0) is 32.4 Å². The molecule has 4 nitrogen and oxygen atoms in total. The third kappa shape index (κ3) is 2.21. The van der Waals surface area contributed by atoms with Crippen LogP contribution in [0.15, 0.2) is 30.5 Å². The SMILES string of the molecule is C[C@@H]1C[C@H](C)n2nccc2N1C(=O)c1cccc(F)c1Cl. The quantitative estimate of drug-likeness (QED) is 0.806. The Labute approximate surface area is 127 Å². The lowest BCUT2D eigenvalue weighted by atomic mass is 10.0. The number of carbonyl (C=O) groups excluding carboxylic acids is 1. The van der Waals surface area contributed by atoms with E-state index >= 15 is 0 Å². The molecule has 0 bridgehead atoms. The highest BCUT2D eigenvalue weighted by Gasteiger charge is 2.33. The summed E-state index contributed by atoms with van der Waals surface area (Å²) >= 11 is 5.94. The van der Waals surface area contributed by atoms with E-state index in [1.165, 1.54) is 12.1 Å². The van der Waals surface area contributed by atoms with Gasteiger partial charge in [-0.1, -0.05) is 17.7 Å². The monoisotopic (exact) mass is 307 g/mol. The Morgan fingerprint density at radius 3 is 2.86 bits per heavy atom. The van der Waals surface area contributed by atoms with Crippen LogP contribution in [0.1, 0.15) is 36.7 Å². The summed E-state index contributed by atoms with van der Waals surface area (Å²) in [6.07, 6.45) is 2.45. The van der Waals surface area contributed by atoms with Gasteiger partial charge in [-0.3, -0.25) is 9.69 Å². The van der Waals surface area contributed by atoms with Crippen LogP contribution >= 0.6 is 11.6 Å². The van der Waals surface area contributed by atoms with Crippen molar-refractivity contribution in [1.82, 2.24) is 9.78 Å². The normalized spacial score (nSPS) is 21.2. The van der Waals surface area contributed by atoms with Crippen LogP contribution in [-0.2, 0) is 0 Å². The summed E-state index contributed by atoms with van der Waals surface area (Å²) in [5, 5.41) is 4.11. The molecule has 3 rings (SSSR count). The van der Waals surface area contributed by atoms with Crippen molar-refractivity contribution < 1.29 is 9.18 Å². The number of hydrogen-bond acceptors (Lipinski definition) is 2. The summed E-state index contributed by atoms with van der Waals surface area (Å²) in [5.41, 5.74) is 0.172. The van der Waals surface area contributed by atoms with Gasteiger partial charge in [0.05, 0.1) is 22.8 Å². The molecule has 0 aliphatic carbocycles. The number of fused-ring (bicyclic) bond motifs is 1. The Morgan fingerprint density at radius 2 is 2.10 bits per heavy atom. The van der Waals surface area contributed by atoms with Crippen molar-refractivity contribution in [2.24, 2.45) is 0 Å². The van der Waals surface area contributed by atoms with E-state index in [9.17, 15) is 9.18 Å². The highest BCUT2D eigenvalue weighted by molar-refractivity contribution is 6.34. The molecule has 2 heterocycles. The van der Waals surface area contributed by atoms with Gasteiger partial charge in [0.1, 0.15) is 11.6 Å². The van der Waals surface area contributed by atoms with Gasteiger partial charge in [0.15, 0.2) is 0 Å². The van der Waals surface area contributed by atoms with Gasteiger partial charge in [0, 0.05) is 12.1 Å². The van der Waals surface area contributed by atoms with E-state index in [2.05, 4.69) is 12.0 Å². The van der Waals surface area contributed by atoms with Crippen molar-refractivity contribution in [1.29, 1.82) is 0 Å². The van der Waals surface area contributed by atoms with Gasteiger partial charge in [-0.25, -0.2) is 9.07 Å². The standard InChI is InChI=1S/C15H15ClFN3O/c1-9-8-10(2)20-13(6-7-18-20)19(9)15(21)11-4-3-5-12(17)14(11)16/h3-7,9-10H,8H2,1-2H3/t9-,10+/m1/s1. The molecule has 1 aliphatic heterocycles. The number of rotatable bonds is 1. The van der Waals surface area contributed by atoms with Crippen LogP contribution < -0.4 is 4.90 Å². The third-order valence-corrected chi connectivity index (χ3v) is 4.22.